The molecule has 0 spiro atoms. The zero-order valence-electron chi connectivity index (χ0n) is 26.8. The van der Waals surface area contributed by atoms with Crippen LogP contribution in [0, 0.1) is 23.2 Å². The third-order valence-electron chi connectivity index (χ3n) is 10.2. The Morgan fingerprint density at radius 3 is 2.00 bits per heavy atom. The quantitative estimate of drug-likeness (QED) is 0.253. The molecule has 248 valence electrons. The van der Waals surface area contributed by atoms with Crippen molar-refractivity contribution in [1.29, 1.82) is 5.26 Å². The van der Waals surface area contributed by atoms with E-state index in [9.17, 15) is 23.3 Å². The summed E-state index contributed by atoms with van der Waals surface area (Å²) >= 11 is 0. The third kappa shape index (κ3) is 6.01. The number of piperazine rings is 1. The second-order valence-corrected chi connectivity index (χ2v) is 14.9. The molecular formula is C35H38N8O4S. The van der Waals surface area contributed by atoms with Gasteiger partial charge in [0, 0.05) is 106 Å². The number of hydrogen-bond acceptors (Lipinski definition) is 9. The van der Waals surface area contributed by atoms with Gasteiger partial charge in [-0.1, -0.05) is 6.92 Å². The maximum Gasteiger partial charge on any atom is 0.282 e. The molecule has 1 amide bonds. The number of carbonyl (C=O) groups excluding carboxylic acids is 2. The molecule has 12 nitrogen and oxygen atoms in total. The molecule has 13 heteroatoms. The highest BCUT2D eigenvalue weighted by atomic mass is 32.2. The Morgan fingerprint density at radius 1 is 0.917 bits per heavy atom. The van der Waals surface area contributed by atoms with Gasteiger partial charge in [0.05, 0.1) is 11.6 Å². The number of benzene rings is 1. The first-order chi connectivity index (χ1) is 23.2. The Hall–Kier alpha value is -4.48. The number of ketones is 1. The summed E-state index contributed by atoms with van der Waals surface area (Å²) < 4.78 is 30.4. The number of nitrogens with one attached hydrogen (secondary N) is 1. The van der Waals surface area contributed by atoms with Gasteiger partial charge < -0.3 is 10.2 Å². The molecule has 0 radical (unpaired) electrons. The van der Waals surface area contributed by atoms with Gasteiger partial charge in [-0.2, -0.15) is 22.3 Å². The maximum absolute atomic E-state index is 14.8. The highest BCUT2D eigenvalue weighted by Gasteiger charge is 2.66. The molecule has 3 saturated heterocycles. The Balaban J connectivity index is 1.19. The number of amides is 1. The number of allylic oxidation sites excluding steroid dienone is 1. The smallest absolute Gasteiger partial charge is 0.282 e. The van der Waals surface area contributed by atoms with Gasteiger partial charge in [-0.3, -0.25) is 24.5 Å². The first-order valence-electron chi connectivity index (χ1n) is 16.4. The van der Waals surface area contributed by atoms with Crippen LogP contribution in [0.3, 0.4) is 0 Å². The Morgan fingerprint density at radius 2 is 1.48 bits per heavy atom. The first kappa shape index (κ1) is 32.1. The highest BCUT2D eigenvalue weighted by Crippen LogP contribution is 2.53. The average Bonchev–Trinajstić information content (AvgIpc) is 3.44. The Bertz CT molecular complexity index is 1800. The van der Waals surface area contributed by atoms with Gasteiger partial charge in [0.2, 0.25) is 0 Å². The van der Waals surface area contributed by atoms with Gasteiger partial charge in [-0.05, 0) is 66.2 Å². The number of pyridine rings is 2. The second kappa shape index (κ2) is 12.9. The molecule has 1 aliphatic carbocycles. The molecule has 1 saturated carbocycles. The van der Waals surface area contributed by atoms with E-state index in [-0.39, 0.29) is 29.6 Å². The number of nitriles is 1. The molecule has 0 bridgehead atoms. The number of nitrogens with zero attached hydrogens (tertiary/aromatic N) is 7. The third-order valence-corrected chi connectivity index (χ3v) is 12.1. The summed E-state index contributed by atoms with van der Waals surface area (Å²) in [6.45, 7) is 6.00. The number of hydrogen-bond donors (Lipinski definition) is 1. The SMILES string of the molecule is CCN1CCN(S(=O)(=O)N2C[C@@H]3C(N4C(=O)C(Cc5ccncc5)(Cc5ccncc5)N/C4=C\C(=O)c4ccc(C#N)cc4)[C@@H]3C2)CC1. The minimum atomic E-state index is -3.62. The van der Waals surface area contributed by atoms with E-state index in [2.05, 4.69) is 33.2 Å². The van der Waals surface area contributed by atoms with Crippen molar-refractivity contribution in [3.05, 3.63) is 107 Å². The van der Waals surface area contributed by atoms with Crippen molar-refractivity contribution in [2.75, 3.05) is 45.8 Å². The maximum atomic E-state index is 14.8. The first-order valence-corrected chi connectivity index (χ1v) is 17.8. The van der Waals surface area contributed by atoms with Gasteiger partial charge in [-0.15, -0.1) is 0 Å². The van der Waals surface area contributed by atoms with Crippen molar-refractivity contribution in [1.82, 2.24) is 33.7 Å². The normalized spacial score (nSPS) is 25.1. The summed E-state index contributed by atoms with van der Waals surface area (Å²) in [5.41, 5.74) is 1.56. The largest absolute Gasteiger partial charge is 0.357 e. The van der Waals surface area contributed by atoms with E-state index in [1.54, 1.807) is 62.6 Å². The van der Waals surface area contributed by atoms with Crippen molar-refractivity contribution < 1.29 is 18.0 Å². The van der Waals surface area contributed by atoms with Gasteiger partial charge in [-0.25, -0.2) is 0 Å². The van der Waals surface area contributed by atoms with E-state index in [0.717, 1.165) is 17.7 Å². The van der Waals surface area contributed by atoms with Crippen LogP contribution in [0.2, 0.25) is 0 Å². The van der Waals surface area contributed by atoms with Gasteiger partial charge in [0.1, 0.15) is 11.4 Å². The standard InChI is InChI=1S/C35H38N8O4S/c1-2-40-15-17-41(18-16-40)48(46,47)42-23-29-30(24-42)33(29)43-32(19-31(44)28-5-3-27(22-36)4-6-28)39-35(34(43)45,20-25-7-11-37-12-8-25)21-26-9-13-38-14-10-26/h3-14,19,29-30,33,39H,2,15-18,20-21,23-24H2,1H3/b32-19+/t29-,30+,33?. The van der Waals surface area contributed by atoms with Crippen molar-refractivity contribution >= 4 is 21.9 Å². The van der Waals surface area contributed by atoms with Gasteiger partial charge in [0.15, 0.2) is 5.78 Å². The number of rotatable bonds is 10. The Kier molecular flexibility index (Phi) is 8.59. The summed E-state index contributed by atoms with van der Waals surface area (Å²) in [5, 5.41) is 12.7. The van der Waals surface area contributed by atoms with Gasteiger partial charge >= 0.3 is 0 Å². The minimum absolute atomic E-state index is 0.0477. The predicted octanol–water partition coefficient (Wildman–Crippen LogP) is 1.84. The monoisotopic (exact) mass is 666 g/mol. The molecule has 48 heavy (non-hydrogen) atoms. The van der Waals surface area contributed by atoms with E-state index in [1.165, 1.54) is 6.08 Å². The molecule has 3 aliphatic heterocycles. The van der Waals surface area contributed by atoms with Crippen molar-refractivity contribution in [3.8, 4) is 6.07 Å². The van der Waals surface area contributed by atoms with Crippen LogP contribution >= 0.6 is 0 Å². The molecule has 4 aliphatic rings. The number of fused-ring (bicyclic) bond motifs is 1. The molecule has 2 aromatic heterocycles. The predicted molar refractivity (Wildman–Crippen MR) is 177 cm³/mol. The zero-order chi connectivity index (χ0) is 33.5. The summed E-state index contributed by atoms with van der Waals surface area (Å²) in [4.78, 5) is 40.7. The van der Waals surface area contributed by atoms with Crippen molar-refractivity contribution in [2.24, 2.45) is 11.8 Å². The molecular weight excluding hydrogens is 629 g/mol. The van der Waals surface area contributed by atoms with Crippen LogP contribution in [0.15, 0.2) is 85.2 Å². The number of likely N-dealkylation sites (N-methyl/N-ethyl adjacent to an activating group) is 1. The van der Waals surface area contributed by atoms with Gasteiger partial charge in [0.25, 0.3) is 16.1 Å². The van der Waals surface area contributed by atoms with E-state index in [0.29, 0.717) is 69.1 Å². The molecule has 4 fully saturated rings. The zero-order valence-corrected chi connectivity index (χ0v) is 27.6. The van der Waals surface area contributed by atoms with Crippen LogP contribution in [-0.2, 0) is 27.8 Å². The topological polar surface area (TPSA) is 143 Å². The van der Waals surface area contributed by atoms with Crippen LogP contribution in [0.1, 0.15) is 34.0 Å². The molecule has 1 unspecified atom stereocenters. The van der Waals surface area contributed by atoms with Crippen molar-refractivity contribution in [3.63, 3.8) is 0 Å². The molecule has 1 N–H and O–H groups in total. The van der Waals surface area contributed by atoms with E-state index in [1.807, 2.05) is 24.3 Å². The fourth-order valence-electron chi connectivity index (χ4n) is 7.48. The van der Waals surface area contributed by atoms with E-state index >= 15 is 0 Å². The van der Waals surface area contributed by atoms with Crippen LogP contribution in [0.25, 0.3) is 0 Å². The summed E-state index contributed by atoms with van der Waals surface area (Å²) in [7, 11) is -3.62. The fourth-order valence-corrected chi connectivity index (χ4v) is 9.16. The lowest BCUT2D eigenvalue weighted by molar-refractivity contribution is -0.132. The molecule has 5 heterocycles. The lowest BCUT2D eigenvalue weighted by Crippen LogP contribution is -2.53. The number of piperidine rings is 1. The lowest BCUT2D eigenvalue weighted by atomic mass is 9.85. The second-order valence-electron chi connectivity index (χ2n) is 13.0. The minimum Gasteiger partial charge on any atom is -0.357 e. The Labute approximate surface area is 280 Å². The van der Waals surface area contributed by atoms with Crippen LogP contribution in [0.4, 0.5) is 0 Å². The summed E-state index contributed by atoms with van der Waals surface area (Å²) in [6, 6.07) is 15.7. The van der Waals surface area contributed by atoms with E-state index in [4.69, 9.17) is 0 Å². The van der Waals surface area contributed by atoms with Crippen molar-refractivity contribution in [2.45, 2.75) is 31.3 Å². The molecule has 3 atom stereocenters. The van der Waals surface area contributed by atoms with Crippen LogP contribution < -0.4 is 5.32 Å². The number of aromatic nitrogens is 2. The molecule has 1 aromatic carbocycles. The number of carbonyl (C=O) groups is 2. The average molecular weight is 667 g/mol. The van der Waals surface area contributed by atoms with Crippen LogP contribution in [-0.4, -0.2) is 106 Å². The lowest BCUT2D eigenvalue weighted by Gasteiger charge is -2.36. The molecule has 3 aromatic rings. The highest BCUT2D eigenvalue weighted by molar-refractivity contribution is 7.86. The fraction of sp³-hybridized carbons (Fsp3) is 0.400. The molecule has 7 rings (SSSR count). The van der Waals surface area contributed by atoms with Crippen LogP contribution in [0.5, 0.6) is 0 Å². The summed E-state index contributed by atoms with van der Waals surface area (Å²) in [6.07, 6.45) is 8.95. The van der Waals surface area contributed by atoms with E-state index < -0.39 is 15.7 Å². The summed E-state index contributed by atoms with van der Waals surface area (Å²) in [5.74, 6) is -0.145.